The number of nitriles is 1. The Morgan fingerprint density at radius 1 is 1.09 bits per heavy atom. The Hall–Kier alpha value is -3.24. The fourth-order valence-electron chi connectivity index (χ4n) is 3.92. The highest BCUT2D eigenvalue weighted by Gasteiger charge is 2.23. The summed E-state index contributed by atoms with van der Waals surface area (Å²) in [5, 5.41) is 13.0. The molecule has 1 fully saturated rings. The van der Waals surface area contributed by atoms with Crippen molar-refractivity contribution in [1.29, 1.82) is 5.26 Å². The first-order valence-electron chi connectivity index (χ1n) is 10.7. The van der Waals surface area contributed by atoms with Gasteiger partial charge in [-0.25, -0.2) is 0 Å². The number of aryl methyl sites for hydroxylation is 2. The summed E-state index contributed by atoms with van der Waals surface area (Å²) in [4.78, 5) is 18.6. The van der Waals surface area contributed by atoms with Crippen LogP contribution in [0.15, 0.2) is 57.9 Å². The van der Waals surface area contributed by atoms with Crippen molar-refractivity contribution >= 4 is 23.4 Å². The fourth-order valence-corrected chi connectivity index (χ4v) is 5.12. The van der Waals surface area contributed by atoms with Gasteiger partial charge in [-0.15, -0.1) is 11.8 Å². The van der Waals surface area contributed by atoms with Crippen LogP contribution in [0.3, 0.4) is 0 Å². The SMILES string of the molecule is Cc1noc(C)c1CSc1ccccc1C(=O)N1CCCN(c2ccc(C#N)cc2)CC1. The van der Waals surface area contributed by atoms with E-state index in [1.54, 1.807) is 11.8 Å². The quantitative estimate of drug-likeness (QED) is 0.524. The first-order chi connectivity index (χ1) is 15.6. The number of amides is 1. The second kappa shape index (κ2) is 9.92. The lowest BCUT2D eigenvalue weighted by Crippen LogP contribution is -2.35. The molecule has 1 saturated heterocycles. The molecule has 2 aromatic carbocycles. The van der Waals surface area contributed by atoms with Crippen molar-refractivity contribution in [1.82, 2.24) is 10.1 Å². The van der Waals surface area contributed by atoms with Gasteiger partial charge in [-0.2, -0.15) is 5.26 Å². The van der Waals surface area contributed by atoms with Crippen molar-refractivity contribution in [2.24, 2.45) is 0 Å². The number of hydrogen-bond donors (Lipinski definition) is 0. The van der Waals surface area contributed by atoms with Gasteiger partial charge in [0.25, 0.3) is 5.91 Å². The smallest absolute Gasteiger partial charge is 0.255 e. The van der Waals surface area contributed by atoms with Crippen LogP contribution in [0.1, 0.15) is 39.4 Å². The molecule has 1 amide bonds. The molecular weight excluding hydrogens is 420 g/mol. The summed E-state index contributed by atoms with van der Waals surface area (Å²) < 4.78 is 5.27. The van der Waals surface area contributed by atoms with Crippen LogP contribution in [-0.2, 0) is 5.75 Å². The summed E-state index contributed by atoms with van der Waals surface area (Å²) in [7, 11) is 0. The number of benzene rings is 2. The Labute approximate surface area is 192 Å². The molecule has 0 bridgehead atoms. The van der Waals surface area contributed by atoms with Crippen molar-refractivity contribution in [2.45, 2.75) is 30.9 Å². The lowest BCUT2D eigenvalue weighted by atomic mass is 10.2. The second-order valence-electron chi connectivity index (χ2n) is 7.88. The number of anilines is 1. The molecule has 2 heterocycles. The minimum atomic E-state index is 0.0774. The maximum absolute atomic E-state index is 13.4. The monoisotopic (exact) mass is 446 g/mol. The Kier molecular flexibility index (Phi) is 6.81. The van der Waals surface area contributed by atoms with Crippen LogP contribution in [0.2, 0.25) is 0 Å². The van der Waals surface area contributed by atoms with Gasteiger partial charge in [0.2, 0.25) is 0 Å². The molecule has 3 aromatic rings. The minimum Gasteiger partial charge on any atom is -0.370 e. The zero-order chi connectivity index (χ0) is 22.5. The summed E-state index contributed by atoms with van der Waals surface area (Å²) in [5.74, 6) is 1.63. The Morgan fingerprint density at radius 3 is 2.59 bits per heavy atom. The van der Waals surface area contributed by atoms with Gasteiger partial charge >= 0.3 is 0 Å². The Morgan fingerprint density at radius 2 is 1.88 bits per heavy atom. The molecule has 1 aliphatic heterocycles. The van der Waals surface area contributed by atoms with Crippen LogP contribution in [-0.4, -0.2) is 42.1 Å². The predicted octanol–water partition coefficient (Wildman–Crippen LogP) is 4.81. The molecule has 32 heavy (non-hydrogen) atoms. The van der Waals surface area contributed by atoms with Gasteiger partial charge in [0.1, 0.15) is 5.76 Å². The van der Waals surface area contributed by atoms with E-state index in [1.165, 1.54) is 0 Å². The first-order valence-corrected chi connectivity index (χ1v) is 11.7. The van der Waals surface area contributed by atoms with E-state index < -0.39 is 0 Å². The number of nitrogens with zero attached hydrogens (tertiary/aromatic N) is 4. The van der Waals surface area contributed by atoms with Gasteiger partial charge in [-0.05, 0) is 56.7 Å². The Balaban J connectivity index is 1.44. The number of carbonyl (C=O) groups is 1. The van der Waals surface area contributed by atoms with Gasteiger partial charge in [-0.3, -0.25) is 4.79 Å². The fraction of sp³-hybridized carbons (Fsp3) is 0.320. The van der Waals surface area contributed by atoms with Crippen LogP contribution >= 0.6 is 11.8 Å². The molecule has 7 heteroatoms. The third-order valence-corrected chi connectivity index (χ3v) is 6.92. The van der Waals surface area contributed by atoms with Gasteiger partial charge in [0.15, 0.2) is 0 Å². The average Bonchev–Trinajstić information content (AvgIpc) is 3.01. The lowest BCUT2D eigenvalue weighted by Gasteiger charge is -2.24. The van der Waals surface area contributed by atoms with E-state index in [-0.39, 0.29) is 5.91 Å². The summed E-state index contributed by atoms with van der Waals surface area (Å²) in [6, 6.07) is 17.6. The van der Waals surface area contributed by atoms with E-state index in [4.69, 9.17) is 9.78 Å². The van der Waals surface area contributed by atoms with E-state index >= 15 is 0 Å². The van der Waals surface area contributed by atoms with Gasteiger partial charge < -0.3 is 14.3 Å². The maximum Gasteiger partial charge on any atom is 0.255 e. The number of carbonyl (C=O) groups excluding carboxylic acids is 1. The van der Waals surface area contributed by atoms with Crippen LogP contribution < -0.4 is 4.90 Å². The largest absolute Gasteiger partial charge is 0.370 e. The van der Waals surface area contributed by atoms with Crippen molar-refractivity contribution in [2.75, 3.05) is 31.1 Å². The standard InChI is InChI=1S/C25H26N4O2S/c1-18-23(19(2)31-27-18)17-32-24-7-4-3-6-22(24)25(30)29-13-5-12-28(14-15-29)21-10-8-20(16-26)9-11-21/h3-4,6-11H,5,12-15,17H2,1-2H3. The summed E-state index contributed by atoms with van der Waals surface area (Å²) in [6.45, 7) is 6.92. The van der Waals surface area contributed by atoms with E-state index in [2.05, 4.69) is 16.1 Å². The number of aromatic nitrogens is 1. The third kappa shape index (κ3) is 4.81. The van der Waals surface area contributed by atoms with E-state index in [9.17, 15) is 4.79 Å². The van der Waals surface area contributed by atoms with Gasteiger partial charge in [-0.1, -0.05) is 17.3 Å². The highest BCUT2D eigenvalue weighted by atomic mass is 32.2. The highest BCUT2D eigenvalue weighted by Crippen LogP contribution is 2.30. The predicted molar refractivity (Wildman–Crippen MR) is 126 cm³/mol. The van der Waals surface area contributed by atoms with Crippen molar-refractivity contribution in [3.05, 3.63) is 76.7 Å². The van der Waals surface area contributed by atoms with Crippen LogP contribution in [0.25, 0.3) is 0 Å². The van der Waals surface area contributed by atoms with E-state index in [1.807, 2.05) is 67.3 Å². The minimum absolute atomic E-state index is 0.0774. The third-order valence-electron chi connectivity index (χ3n) is 5.82. The zero-order valence-corrected chi connectivity index (χ0v) is 19.2. The molecule has 6 nitrogen and oxygen atoms in total. The van der Waals surface area contributed by atoms with Gasteiger partial charge in [0.05, 0.1) is 22.9 Å². The molecule has 1 aliphatic rings. The van der Waals surface area contributed by atoms with E-state index in [0.29, 0.717) is 12.1 Å². The number of thioether (sulfide) groups is 1. The first kappa shape index (κ1) is 22.0. The second-order valence-corrected chi connectivity index (χ2v) is 8.90. The molecule has 0 saturated carbocycles. The van der Waals surface area contributed by atoms with Crippen molar-refractivity contribution in [3.63, 3.8) is 0 Å². The van der Waals surface area contributed by atoms with E-state index in [0.717, 1.165) is 65.0 Å². The zero-order valence-electron chi connectivity index (χ0n) is 18.4. The normalized spacial score (nSPS) is 14.2. The van der Waals surface area contributed by atoms with Crippen molar-refractivity contribution in [3.8, 4) is 6.07 Å². The van der Waals surface area contributed by atoms with Gasteiger partial charge in [0, 0.05) is 48.1 Å². The van der Waals surface area contributed by atoms with Crippen LogP contribution in [0, 0.1) is 25.2 Å². The molecule has 0 atom stereocenters. The molecule has 0 unspecified atom stereocenters. The summed E-state index contributed by atoms with van der Waals surface area (Å²) >= 11 is 1.65. The topological polar surface area (TPSA) is 73.4 Å². The number of rotatable bonds is 5. The molecule has 164 valence electrons. The van der Waals surface area contributed by atoms with Crippen molar-refractivity contribution < 1.29 is 9.32 Å². The summed E-state index contributed by atoms with van der Waals surface area (Å²) in [5.41, 5.74) is 4.48. The molecule has 1 aromatic heterocycles. The van der Waals surface area contributed by atoms with Crippen LogP contribution in [0.5, 0.6) is 0 Å². The molecule has 0 radical (unpaired) electrons. The lowest BCUT2D eigenvalue weighted by molar-refractivity contribution is 0.0763. The number of hydrogen-bond acceptors (Lipinski definition) is 6. The molecule has 0 spiro atoms. The molecule has 4 rings (SSSR count). The Bertz CT molecular complexity index is 1110. The molecule has 0 aliphatic carbocycles. The average molecular weight is 447 g/mol. The summed E-state index contributed by atoms with van der Waals surface area (Å²) in [6.07, 6.45) is 0.903. The molecular formula is C25H26N4O2S. The van der Waals surface area contributed by atoms with Crippen LogP contribution in [0.4, 0.5) is 5.69 Å². The maximum atomic E-state index is 13.4. The molecule has 0 N–H and O–H groups in total. The highest BCUT2D eigenvalue weighted by molar-refractivity contribution is 7.98.